The molecule has 2 rings (SSSR count). The summed E-state index contributed by atoms with van der Waals surface area (Å²) in [6.45, 7) is 2.94. The van der Waals surface area contributed by atoms with Crippen LogP contribution in [0.25, 0.3) is 0 Å². The Labute approximate surface area is 136 Å². The molecule has 0 amide bonds. The van der Waals surface area contributed by atoms with Gasteiger partial charge in [0.25, 0.3) is 0 Å². The van der Waals surface area contributed by atoms with Gasteiger partial charge in [-0.3, -0.25) is 4.90 Å². The molecule has 1 aliphatic carbocycles. The van der Waals surface area contributed by atoms with Crippen LogP contribution in [0.4, 0.5) is 0 Å². The van der Waals surface area contributed by atoms with Crippen molar-refractivity contribution >= 4 is 15.9 Å². The maximum atomic E-state index is 9.52. The summed E-state index contributed by atoms with van der Waals surface area (Å²) in [4.78, 5) is 2.43. The number of benzene rings is 1. The van der Waals surface area contributed by atoms with Gasteiger partial charge < -0.3 is 10.8 Å². The fourth-order valence-electron chi connectivity index (χ4n) is 3.56. The van der Waals surface area contributed by atoms with Crippen molar-refractivity contribution in [2.75, 3.05) is 13.2 Å². The van der Waals surface area contributed by atoms with Gasteiger partial charge in [0.15, 0.2) is 0 Å². The predicted molar refractivity (Wildman–Crippen MR) is 91.2 cm³/mol. The zero-order valence-electron chi connectivity index (χ0n) is 12.8. The number of halogens is 1. The number of hydrogen-bond donors (Lipinski definition) is 2. The molecule has 1 saturated carbocycles. The fraction of sp³-hybridized carbons (Fsp3) is 0.647. The smallest absolute Gasteiger partial charge is 0.0558 e. The Morgan fingerprint density at radius 1 is 1.29 bits per heavy atom. The first-order chi connectivity index (χ1) is 10.1. The Bertz CT molecular complexity index is 433. The van der Waals surface area contributed by atoms with Crippen LogP contribution in [0.1, 0.15) is 50.6 Å². The van der Waals surface area contributed by atoms with Gasteiger partial charge in [-0.15, -0.1) is 0 Å². The van der Waals surface area contributed by atoms with Crippen LogP contribution in [0.15, 0.2) is 28.7 Å². The summed E-state index contributed by atoms with van der Waals surface area (Å²) in [6.07, 6.45) is 6.34. The molecular formula is C17H27BrN2O. The monoisotopic (exact) mass is 354 g/mol. The zero-order valence-corrected chi connectivity index (χ0v) is 14.4. The average Bonchev–Trinajstić information content (AvgIpc) is 2.49. The standard InChI is InChI=1S/C17H27BrN2O/c1-13(19)17(15-9-5-6-10-16(15)18)20(11-12-21)14-7-3-2-4-8-14/h5-6,9-10,13-14,17,21H,2-4,7-8,11-12,19H2,1H3. The van der Waals surface area contributed by atoms with E-state index in [1.165, 1.54) is 37.7 Å². The summed E-state index contributed by atoms with van der Waals surface area (Å²) in [6, 6.07) is 9.02. The fourth-order valence-corrected chi connectivity index (χ4v) is 4.08. The van der Waals surface area contributed by atoms with E-state index in [9.17, 15) is 5.11 Å². The maximum absolute atomic E-state index is 9.52. The molecule has 1 fully saturated rings. The largest absolute Gasteiger partial charge is 0.395 e. The van der Waals surface area contributed by atoms with Crippen LogP contribution in [-0.2, 0) is 0 Å². The normalized spacial score (nSPS) is 19.7. The number of aliphatic hydroxyl groups excluding tert-OH is 1. The van der Waals surface area contributed by atoms with Crippen molar-refractivity contribution in [3.05, 3.63) is 34.3 Å². The molecule has 0 spiro atoms. The Balaban J connectivity index is 2.30. The number of nitrogens with zero attached hydrogens (tertiary/aromatic N) is 1. The highest BCUT2D eigenvalue weighted by molar-refractivity contribution is 9.10. The summed E-state index contributed by atoms with van der Waals surface area (Å²) in [7, 11) is 0. The number of aliphatic hydroxyl groups is 1. The SMILES string of the molecule is CC(N)C(c1ccccc1Br)N(CCO)C1CCCCC1. The second kappa shape index (κ2) is 8.28. The summed E-state index contributed by atoms with van der Waals surface area (Å²) >= 11 is 3.66. The van der Waals surface area contributed by atoms with Gasteiger partial charge in [0, 0.05) is 23.1 Å². The van der Waals surface area contributed by atoms with Gasteiger partial charge in [-0.25, -0.2) is 0 Å². The summed E-state index contributed by atoms with van der Waals surface area (Å²) in [5, 5.41) is 9.52. The van der Waals surface area contributed by atoms with Crippen molar-refractivity contribution in [3.8, 4) is 0 Å². The van der Waals surface area contributed by atoms with Crippen LogP contribution in [-0.4, -0.2) is 35.2 Å². The van der Waals surface area contributed by atoms with Crippen LogP contribution in [0.3, 0.4) is 0 Å². The van der Waals surface area contributed by atoms with Crippen molar-refractivity contribution in [1.29, 1.82) is 0 Å². The van der Waals surface area contributed by atoms with Crippen LogP contribution < -0.4 is 5.73 Å². The molecule has 0 radical (unpaired) electrons. The van der Waals surface area contributed by atoms with E-state index in [-0.39, 0.29) is 18.7 Å². The van der Waals surface area contributed by atoms with Crippen LogP contribution in [0.2, 0.25) is 0 Å². The molecule has 1 aromatic carbocycles. The summed E-state index contributed by atoms with van der Waals surface area (Å²) in [5.74, 6) is 0. The van der Waals surface area contributed by atoms with Gasteiger partial charge in [-0.05, 0) is 31.4 Å². The molecule has 0 heterocycles. The van der Waals surface area contributed by atoms with E-state index in [0.29, 0.717) is 12.6 Å². The highest BCUT2D eigenvalue weighted by Crippen LogP contribution is 2.34. The van der Waals surface area contributed by atoms with Gasteiger partial charge in [-0.1, -0.05) is 53.4 Å². The molecular weight excluding hydrogens is 328 g/mol. The number of hydrogen-bond acceptors (Lipinski definition) is 3. The number of rotatable bonds is 6. The molecule has 0 aromatic heterocycles. The van der Waals surface area contributed by atoms with Gasteiger partial charge >= 0.3 is 0 Å². The van der Waals surface area contributed by atoms with Crippen LogP contribution in [0, 0.1) is 0 Å². The minimum Gasteiger partial charge on any atom is -0.395 e. The first-order valence-corrected chi connectivity index (χ1v) is 8.81. The third-order valence-corrected chi connectivity index (χ3v) is 5.20. The molecule has 0 bridgehead atoms. The molecule has 1 aliphatic rings. The lowest BCUT2D eigenvalue weighted by molar-refractivity contribution is 0.0696. The molecule has 2 unspecified atom stereocenters. The minimum atomic E-state index is 0.0252. The lowest BCUT2D eigenvalue weighted by Gasteiger charge is -2.42. The van der Waals surface area contributed by atoms with Gasteiger partial charge in [0.05, 0.1) is 12.6 Å². The molecule has 21 heavy (non-hydrogen) atoms. The Morgan fingerprint density at radius 2 is 1.95 bits per heavy atom. The van der Waals surface area contributed by atoms with Crippen molar-refractivity contribution in [1.82, 2.24) is 4.90 Å². The van der Waals surface area contributed by atoms with E-state index in [2.05, 4.69) is 46.0 Å². The molecule has 0 aliphatic heterocycles. The van der Waals surface area contributed by atoms with Crippen molar-refractivity contribution in [2.45, 2.75) is 57.2 Å². The van der Waals surface area contributed by atoms with Crippen LogP contribution >= 0.6 is 15.9 Å². The van der Waals surface area contributed by atoms with Gasteiger partial charge in [0.1, 0.15) is 0 Å². The first-order valence-electron chi connectivity index (χ1n) is 8.01. The van der Waals surface area contributed by atoms with E-state index < -0.39 is 0 Å². The molecule has 3 nitrogen and oxygen atoms in total. The van der Waals surface area contributed by atoms with Crippen molar-refractivity contribution in [3.63, 3.8) is 0 Å². The minimum absolute atomic E-state index is 0.0252. The Morgan fingerprint density at radius 3 is 2.52 bits per heavy atom. The zero-order chi connectivity index (χ0) is 15.2. The molecule has 4 heteroatoms. The van der Waals surface area contributed by atoms with Crippen molar-refractivity contribution in [2.24, 2.45) is 5.73 Å². The predicted octanol–water partition coefficient (Wildman–Crippen LogP) is 3.46. The van der Waals surface area contributed by atoms with E-state index in [1.54, 1.807) is 0 Å². The molecule has 0 saturated heterocycles. The third kappa shape index (κ3) is 4.28. The third-order valence-electron chi connectivity index (χ3n) is 4.48. The second-order valence-electron chi connectivity index (χ2n) is 6.08. The molecule has 118 valence electrons. The second-order valence-corrected chi connectivity index (χ2v) is 6.93. The Kier molecular flexibility index (Phi) is 6.68. The highest BCUT2D eigenvalue weighted by Gasteiger charge is 2.31. The van der Waals surface area contributed by atoms with E-state index in [4.69, 9.17) is 5.73 Å². The summed E-state index contributed by atoms with van der Waals surface area (Å²) < 4.78 is 1.10. The maximum Gasteiger partial charge on any atom is 0.0558 e. The lowest BCUT2D eigenvalue weighted by Crippen LogP contribution is -2.47. The van der Waals surface area contributed by atoms with E-state index in [1.807, 2.05) is 6.07 Å². The molecule has 2 atom stereocenters. The lowest BCUT2D eigenvalue weighted by atomic mass is 9.90. The topological polar surface area (TPSA) is 49.5 Å². The van der Waals surface area contributed by atoms with Crippen LogP contribution in [0.5, 0.6) is 0 Å². The van der Waals surface area contributed by atoms with Gasteiger partial charge in [-0.2, -0.15) is 0 Å². The van der Waals surface area contributed by atoms with E-state index in [0.717, 1.165) is 4.47 Å². The molecule has 1 aromatic rings. The summed E-state index contributed by atoms with van der Waals surface area (Å²) in [5.41, 5.74) is 7.56. The quantitative estimate of drug-likeness (QED) is 0.822. The van der Waals surface area contributed by atoms with Gasteiger partial charge in [0.2, 0.25) is 0 Å². The first kappa shape index (κ1) is 16.9. The van der Waals surface area contributed by atoms with Crippen molar-refractivity contribution < 1.29 is 5.11 Å². The molecule has 3 N–H and O–H groups in total. The number of nitrogens with two attached hydrogens (primary N) is 1. The Hall–Kier alpha value is -0.420. The van der Waals surface area contributed by atoms with E-state index >= 15 is 0 Å². The average molecular weight is 355 g/mol. The highest BCUT2D eigenvalue weighted by atomic mass is 79.9.